The normalized spacial score (nSPS) is 38.8. The molecule has 0 amide bonds. The van der Waals surface area contributed by atoms with E-state index in [1.165, 1.54) is 64.2 Å². The summed E-state index contributed by atoms with van der Waals surface area (Å²) in [4.78, 5) is 2.76. The van der Waals surface area contributed by atoms with Crippen LogP contribution in [0, 0.1) is 0 Å². The van der Waals surface area contributed by atoms with E-state index in [-0.39, 0.29) is 0 Å². The van der Waals surface area contributed by atoms with Crippen LogP contribution < -0.4 is 0 Å². The number of rotatable bonds is 0. The van der Waals surface area contributed by atoms with Crippen LogP contribution in [-0.2, 0) is 0 Å². The molecule has 2 saturated carbocycles. The third-order valence-electron chi connectivity index (χ3n) is 5.46. The van der Waals surface area contributed by atoms with Crippen LogP contribution in [0.2, 0.25) is 0 Å². The van der Waals surface area contributed by atoms with Crippen molar-refractivity contribution < 1.29 is 0 Å². The van der Waals surface area contributed by atoms with Crippen LogP contribution in [0.25, 0.3) is 0 Å². The Labute approximate surface area is 87.9 Å². The minimum absolute atomic E-state index is 0.686. The predicted molar refractivity (Wildman–Crippen MR) is 59.4 cm³/mol. The predicted octanol–water partition coefficient (Wildman–Crippen LogP) is 3.34. The molecule has 0 radical (unpaired) electrons. The lowest BCUT2D eigenvalue weighted by Gasteiger charge is -2.29. The Hall–Kier alpha value is -0.0400. The van der Waals surface area contributed by atoms with Gasteiger partial charge in [-0.25, -0.2) is 0 Å². The van der Waals surface area contributed by atoms with E-state index in [1.807, 2.05) is 0 Å². The summed E-state index contributed by atoms with van der Waals surface area (Å²) in [6.07, 6.45) is 15.0. The third-order valence-corrected chi connectivity index (χ3v) is 5.46. The van der Waals surface area contributed by atoms with Crippen molar-refractivity contribution in [3.63, 3.8) is 0 Å². The summed E-state index contributed by atoms with van der Waals surface area (Å²) in [6, 6.07) is 0. The number of likely N-dealkylation sites (N-methyl/N-ethyl adjacent to an activating group) is 1. The maximum Gasteiger partial charge on any atom is 0.0396 e. The van der Waals surface area contributed by atoms with E-state index in [2.05, 4.69) is 11.9 Å². The molecule has 3 aliphatic rings. The Morgan fingerprint density at radius 3 is 1.36 bits per heavy atom. The fourth-order valence-corrected chi connectivity index (χ4v) is 4.62. The van der Waals surface area contributed by atoms with Gasteiger partial charge in [0.05, 0.1) is 0 Å². The second-order valence-corrected chi connectivity index (χ2v) is 5.74. The zero-order valence-electron chi connectivity index (χ0n) is 9.52. The van der Waals surface area contributed by atoms with Crippen LogP contribution in [-0.4, -0.2) is 23.0 Å². The second kappa shape index (κ2) is 2.98. The first kappa shape index (κ1) is 9.21. The molecule has 1 saturated heterocycles. The molecule has 1 aliphatic heterocycles. The largest absolute Gasteiger partial charge is 0.291 e. The summed E-state index contributed by atoms with van der Waals surface area (Å²) in [6.45, 7) is 0. The molecule has 3 rings (SSSR count). The SMILES string of the molecule is CN1C2(CCCCC2)C12CCCCC2. The molecule has 0 bridgehead atoms. The smallest absolute Gasteiger partial charge is 0.0396 e. The van der Waals surface area contributed by atoms with E-state index in [4.69, 9.17) is 0 Å². The standard InChI is InChI=1S/C13H23N/c1-14-12(8-4-2-5-9-12)13(14)10-6-3-7-11-13/h2-11H2,1H3. The van der Waals surface area contributed by atoms with Gasteiger partial charge in [-0.05, 0) is 32.7 Å². The van der Waals surface area contributed by atoms with Crippen molar-refractivity contribution in [1.82, 2.24) is 4.90 Å². The summed E-state index contributed by atoms with van der Waals surface area (Å²) in [7, 11) is 2.40. The van der Waals surface area contributed by atoms with Gasteiger partial charge in [0.2, 0.25) is 0 Å². The number of hydrogen-bond acceptors (Lipinski definition) is 1. The fourth-order valence-electron chi connectivity index (χ4n) is 4.62. The van der Waals surface area contributed by atoms with Gasteiger partial charge in [-0.15, -0.1) is 0 Å². The molecule has 2 aliphatic carbocycles. The van der Waals surface area contributed by atoms with Crippen molar-refractivity contribution in [3.8, 4) is 0 Å². The molecule has 1 heteroatoms. The molecular formula is C13H23N. The Kier molecular flexibility index (Phi) is 1.96. The average Bonchev–Trinajstić information content (AvgIpc) is 2.70. The quantitative estimate of drug-likeness (QED) is 0.533. The van der Waals surface area contributed by atoms with E-state index >= 15 is 0 Å². The Balaban J connectivity index is 1.81. The number of nitrogens with zero attached hydrogens (tertiary/aromatic N) is 1. The van der Waals surface area contributed by atoms with Gasteiger partial charge in [0.25, 0.3) is 0 Å². The Morgan fingerprint density at radius 2 is 1.00 bits per heavy atom. The van der Waals surface area contributed by atoms with Crippen LogP contribution in [0.3, 0.4) is 0 Å². The van der Waals surface area contributed by atoms with Gasteiger partial charge in [-0.3, -0.25) is 4.90 Å². The highest BCUT2D eigenvalue weighted by molar-refractivity contribution is 5.28. The summed E-state index contributed by atoms with van der Waals surface area (Å²) < 4.78 is 0. The van der Waals surface area contributed by atoms with Gasteiger partial charge in [0.1, 0.15) is 0 Å². The summed E-state index contributed by atoms with van der Waals surface area (Å²) >= 11 is 0. The summed E-state index contributed by atoms with van der Waals surface area (Å²) in [5.74, 6) is 0. The van der Waals surface area contributed by atoms with Crippen LogP contribution >= 0.6 is 0 Å². The molecular weight excluding hydrogens is 170 g/mol. The van der Waals surface area contributed by atoms with Crippen LogP contribution in [0.15, 0.2) is 0 Å². The lowest BCUT2D eigenvalue weighted by molar-refractivity contribution is 0.313. The minimum atomic E-state index is 0.686. The fraction of sp³-hybridized carbons (Fsp3) is 1.00. The molecule has 3 fully saturated rings. The third kappa shape index (κ3) is 0.946. The van der Waals surface area contributed by atoms with E-state index in [0.717, 1.165) is 0 Å². The van der Waals surface area contributed by atoms with Gasteiger partial charge in [0.15, 0.2) is 0 Å². The van der Waals surface area contributed by atoms with E-state index in [9.17, 15) is 0 Å². The van der Waals surface area contributed by atoms with Crippen molar-refractivity contribution in [2.45, 2.75) is 75.3 Å². The van der Waals surface area contributed by atoms with Crippen molar-refractivity contribution >= 4 is 0 Å². The number of fused-ring (bicyclic) bond motifs is 1. The molecule has 1 heterocycles. The molecule has 0 aromatic carbocycles. The zero-order chi connectivity index (χ0) is 9.65. The first-order valence-corrected chi connectivity index (χ1v) is 6.56. The van der Waals surface area contributed by atoms with Gasteiger partial charge >= 0.3 is 0 Å². The zero-order valence-corrected chi connectivity index (χ0v) is 9.52. The highest BCUT2D eigenvalue weighted by Gasteiger charge is 2.70. The molecule has 1 nitrogen and oxygen atoms in total. The Morgan fingerprint density at radius 1 is 0.643 bits per heavy atom. The average molecular weight is 193 g/mol. The van der Waals surface area contributed by atoms with Crippen molar-refractivity contribution in [2.75, 3.05) is 7.05 Å². The molecule has 0 N–H and O–H groups in total. The first-order valence-electron chi connectivity index (χ1n) is 6.56. The molecule has 0 atom stereocenters. The monoisotopic (exact) mass is 193 g/mol. The topological polar surface area (TPSA) is 3.01 Å². The van der Waals surface area contributed by atoms with Crippen molar-refractivity contribution in [2.24, 2.45) is 0 Å². The van der Waals surface area contributed by atoms with Crippen LogP contribution in [0.4, 0.5) is 0 Å². The maximum absolute atomic E-state index is 2.76. The van der Waals surface area contributed by atoms with Crippen molar-refractivity contribution in [3.05, 3.63) is 0 Å². The molecule has 80 valence electrons. The highest BCUT2D eigenvalue weighted by Crippen LogP contribution is 2.63. The van der Waals surface area contributed by atoms with E-state index < -0.39 is 0 Å². The molecule has 0 aromatic rings. The molecule has 2 spiro atoms. The number of hydrogen-bond donors (Lipinski definition) is 0. The maximum atomic E-state index is 2.76. The van der Waals surface area contributed by atoms with Crippen molar-refractivity contribution in [1.29, 1.82) is 0 Å². The van der Waals surface area contributed by atoms with Crippen LogP contribution in [0.1, 0.15) is 64.2 Å². The second-order valence-electron chi connectivity index (χ2n) is 5.74. The lowest BCUT2D eigenvalue weighted by Crippen LogP contribution is -2.30. The summed E-state index contributed by atoms with van der Waals surface area (Å²) in [5, 5.41) is 0. The van der Waals surface area contributed by atoms with Gasteiger partial charge < -0.3 is 0 Å². The van der Waals surface area contributed by atoms with E-state index in [0.29, 0.717) is 11.1 Å². The van der Waals surface area contributed by atoms with Gasteiger partial charge in [-0.2, -0.15) is 0 Å². The van der Waals surface area contributed by atoms with Gasteiger partial charge in [0, 0.05) is 11.1 Å². The Bertz CT molecular complexity index is 197. The minimum Gasteiger partial charge on any atom is -0.291 e. The van der Waals surface area contributed by atoms with Crippen LogP contribution in [0.5, 0.6) is 0 Å². The van der Waals surface area contributed by atoms with Gasteiger partial charge in [-0.1, -0.05) is 38.5 Å². The highest BCUT2D eigenvalue weighted by atomic mass is 15.4. The molecule has 0 aromatic heterocycles. The molecule has 14 heavy (non-hydrogen) atoms. The summed E-state index contributed by atoms with van der Waals surface area (Å²) in [5.41, 5.74) is 1.37. The lowest BCUT2D eigenvalue weighted by atomic mass is 9.73. The first-order chi connectivity index (χ1) is 6.82. The van der Waals surface area contributed by atoms with E-state index in [1.54, 1.807) is 0 Å². The molecule has 0 unspecified atom stereocenters.